The molecule has 0 spiro atoms. The number of aryl methyl sites for hydroxylation is 2. The lowest BCUT2D eigenvalue weighted by atomic mass is 9.99. The first-order chi connectivity index (χ1) is 18.1. The molecule has 2 N–H and O–H groups in total. The monoisotopic (exact) mass is 536 g/mol. The number of anilines is 1. The first kappa shape index (κ1) is 24.9. The summed E-state index contributed by atoms with van der Waals surface area (Å²) in [4.78, 5) is 9.34. The summed E-state index contributed by atoms with van der Waals surface area (Å²) in [7, 11) is -3.94. The van der Waals surface area contributed by atoms with Crippen LogP contribution in [-0.4, -0.2) is 40.8 Å². The first-order valence-electron chi connectivity index (χ1n) is 12.7. The third-order valence-corrected chi connectivity index (χ3v) is 8.44. The van der Waals surface area contributed by atoms with Gasteiger partial charge in [-0.1, -0.05) is 0 Å². The van der Waals surface area contributed by atoms with Gasteiger partial charge in [0.1, 0.15) is 11.4 Å². The molecule has 3 aromatic heterocycles. The zero-order chi connectivity index (χ0) is 26.7. The van der Waals surface area contributed by atoms with Crippen molar-refractivity contribution in [3.63, 3.8) is 0 Å². The molecule has 1 aromatic carbocycles. The number of rotatable bonds is 8. The van der Waals surface area contributed by atoms with Crippen molar-refractivity contribution in [1.82, 2.24) is 24.9 Å². The van der Waals surface area contributed by atoms with Crippen LogP contribution in [0.3, 0.4) is 0 Å². The number of nitrogens with one attached hydrogen (secondary N) is 2. The lowest BCUT2D eigenvalue weighted by molar-refractivity contribution is 0.221. The first-order valence-corrected chi connectivity index (χ1v) is 14.2. The molecule has 1 fully saturated rings. The molecule has 3 heterocycles. The van der Waals surface area contributed by atoms with Crippen molar-refractivity contribution in [3.8, 4) is 11.6 Å². The minimum absolute atomic E-state index is 0.0473. The van der Waals surface area contributed by atoms with Crippen molar-refractivity contribution in [1.29, 1.82) is 0 Å². The summed E-state index contributed by atoms with van der Waals surface area (Å²) in [6.45, 7) is 4.13. The van der Waals surface area contributed by atoms with Gasteiger partial charge < -0.3 is 9.73 Å². The maximum Gasteiger partial charge on any atom is 0.266 e. The maximum atomic E-state index is 14.2. The number of halogens is 1. The van der Waals surface area contributed by atoms with E-state index < -0.39 is 15.7 Å². The van der Waals surface area contributed by atoms with Gasteiger partial charge in [-0.15, -0.1) is 10.2 Å². The van der Waals surface area contributed by atoms with Crippen LogP contribution in [0.4, 0.5) is 10.1 Å². The van der Waals surface area contributed by atoms with Crippen molar-refractivity contribution in [2.45, 2.75) is 69.0 Å². The standard InChI is InChI=1S/C27H29FN6O3S/c1-15-33-34-26(37-15)22-9-7-18(12-29-22)32-21-8-6-17-10-24(38(35,36)31-14-27(2,3)28)19-11-23(16-4-5-16)30-13-20(19)25(17)21/h7,9-13,16,21,31-32H,4-6,8,14H2,1-3H3. The van der Waals surface area contributed by atoms with E-state index in [-0.39, 0.29) is 17.5 Å². The Balaban J connectivity index is 1.36. The molecule has 2 aliphatic carbocycles. The molecule has 4 aromatic rings. The molecule has 38 heavy (non-hydrogen) atoms. The summed E-state index contributed by atoms with van der Waals surface area (Å²) in [5.74, 6) is 1.20. The molecular formula is C27H29FN6O3S. The third-order valence-electron chi connectivity index (χ3n) is 7.00. The van der Waals surface area contributed by atoms with Gasteiger partial charge in [0.25, 0.3) is 5.89 Å². The van der Waals surface area contributed by atoms with E-state index in [2.05, 4.69) is 25.2 Å². The van der Waals surface area contributed by atoms with Crippen LogP contribution in [-0.2, 0) is 16.4 Å². The van der Waals surface area contributed by atoms with E-state index >= 15 is 0 Å². The molecule has 0 aliphatic heterocycles. The van der Waals surface area contributed by atoms with Gasteiger partial charge in [0.15, 0.2) is 0 Å². The van der Waals surface area contributed by atoms with Crippen LogP contribution in [0.15, 0.2) is 46.0 Å². The summed E-state index contributed by atoms with van der Waals surface area (Å²) < 4.78 is 48.8. The zero-order valence-corrected chi connectivity index (χ0v) is 22.3. The third kappa shape index (κ3) is 4.88. The van der Waals surface area contributed by atoms with Gasteiger partial charge in [-0.05, 0) is 74.9 Å². The van der Waals surface area contributed by atoms with Gasteiger partial charge in [0.2, 0.25) is 15.9 Å². The Morgan fingerprint density at radius 3 is 2.55 bits per heavy atom. The molecule has 1 saturated carbocycles. The Morgan fingerprint density at radius 1 is 1.08 bits per heavy atom. The molecule has 1 unspecified atom stereocenters. The highest BCUT2D eigenvalue weighted by molar-refractivity contribution is 7.89. The number of hydrogen-bond donors (Lipinski definition) is 2. The van der Waals surface area contributed by atoms with Crippen LogP contribution in [0.5, 0.6) is 0 Å². The smallest absolute Gasteiger partial charge is 0.266 e. The van der Waals surface area contributed by atoms with Gasteiger partial charge >= 0.3 is 0 Å². The second-order valence-corrected chi connectivity index (χ2v) is 12.4. The SMILES string of the molecule is Cc1nnc(-c2ccc(NC3CCc4cc(S(=O)(=O)NCC(C)(C)F)c5cc(C6CC6)ncc5c43)cn2)o1. The number of nitrogens with zero attached hydrogens (tertiary/aromatic N) is 4. The van der Waals surface area contributed by atoms with Crippen molar-refractivity contribution in [3.05, 3.63) is 59.4 Å². The van der Waals surface area contributed by atoms with E-state index in [4.69, 9.17) is 9.40 Å². The number of hydrogen-bond acceptors (Lipinski definition) is 8. The Bertz CT molecular complexity index is 1630. The number of benzene rings is 1. The lowest BCUT2D eigenvalue weighted by Crippen LogP contribution is -2.35. The minimum atomic E-state index is -3.94. The lowest BCUT2D eigenvalue weighted by Gasteiger charge is -2.20. The molecular weight excluding hydrogens is 507 g/mol. The fourth-order valence-electron chi connectivity index (χ4n) is 4.96. The highest BCUT2D eigenvalue weighted by Gasteiger charge is 2.32. The maximum absolute atomic E-state index is 14.2. The number of pyridine rings is 2. The summed E-state index contributed by atoms with van der Waals surface area (Å²) in [5, 5.41) is 12.8. The van der Waals surface area contributed by atoms with Crippen molar-refractivity contribution in [2.24, 2.45) is 0 Å². The van der Waals surface area contributed by atoms with Crippen LogP contribution >= 0.6 is 0 Å². The van der Waals surface area contributed by atoms with E-state index in [0.29, 0.717) is 35.2 Å². The Labute approximate surface area is 220 Å². The molecule has 6 rings (SSSR count). The number of alkyl halides is 1. The number of sulfonamides is 1. The van der Waals surface area contributed by atoms with Gasteiger partial charge in [-0.2, -0.15) is 0 Å². The molecule has 0 saturated heterocycles. The van der Waals surface area contributed by atoms with Crippen molar-refractivity contribution >= 4 is 26.5 Å². The van der Waals surface area contributed by atoms with E-state index in [1.807, 2.05) is 18.2 Å². The molecule has 2 aliphatic rings. The highest BCUT2D eigenvalue weighted by Crippen LogP contribution is 2.44. The van der Waals surface area contributed by atoms with E-state index in [1.54, 1.807) is 25.4 Å². The normalized spacial score (nSPS) is 17.6. The molecule has 198 valence electrons. The molecule has 1 atom stereocenters. The van der Waals surface area contributed by atoms with Crippen molar-refractivity contribution in [2.75, 3.05) is 11.9 Å². The van der Waals surface area contributed by atoms with Crippen LogP contribution in [0.2, 0.25) is 0 Å². The Hall–Kier alpha value is -3.44. The minimum Gasteiger partial charge on any atom is -0.420 e. The average molecular weight is 537 g/mol. The molecule has 9 nitrogen and oxygen atoms in total. The Kier molecular flexibility index (Phi) is 5.95. The molecule has 0 amide bonds. The van der Waals surface area contributed by atoms with E-state index in [0.717, 1.165) is 47.2 Å². The fourth-order valence-corrected chi connectivity index (χ4v) is 6.40. The Morgan fingerprint density at radius 2 is 1.89 bits per heavy atom. The number of fused-ring (bicyclic) bond motifs is 3. The van der Waals surface area contributed by atoms with Crippen molar-refractivity contribution < 1.29 is 17.2 Å². The fraction of sp³-hybridized carbons (Fsp3) is 0.407. The van der Waals surface area contributed by atoms with Crippen LogP contribution in [0.25, 0.3) is 22.4 Å². The molecule has 0 radical (unpaired) electrons. The largest absolute Gasteiger partial charge is 0.420 e. The van der Waals surface area contributed by atoms with Crippen LogP contribution < -0.4 is 10.0 Å². The molecule has 0 bridgehead atoms. The van der Waals surface area contributed by atoms with Crippen LogP contribution in [0.1, 0.15) is 67.8 Å². The topological polar surface area (TPSA) is 123 Å². The average Bonchev–Trinajstić information content (AvgIpc) is 3.52. The van der Waals surface area contributed by atoms with E-state index in [9.17, 15) is 12.8 Å². The summed E-state index contributed by atoms with van der Waals surface area (Å²) in [6, 6.07) is 7.34. The van der Waals surface area contributed by atoms with Gasteiger partial charge in [0, 0.05) is 42.0 Å². The summed E-state index contributed by atoms with van der Waals surface area (Å²) >= 11 is 0. The van der Waals surface area contributed by atoms with Crippen LogP contribution in [0, 0.1) is 6.92 Å². The van der Waals surface area contributed by atoms with Gasteiger partial charge in [-0.25, -0.2) is 22.5 Å². The summed E-state index contributed by atoms with van der Waals surface area (Å²) in [6.07, 6.45) is 7.12. The highest BCUT2D eigenvalue weighted by atomic mass is 32.2. The predicted octanol–water partition coefficient (Wildman–Crippen LogP) is 4.99. The zero-order valence-electron chi connectivity index (χ0n) is 21.5. The number of aromatic nitrogens is 4. The second kappa shape index (κ2) is 9.09. The van der Waals surface area contributed by atoms with Gasteiger partial charge in [0.05, 0.1) is 22.8 Å². The van der Waals surface area contributed by atoms with Gasteiger partial charge in [-0.3, -0.25) is 4.98 Å². The second-order valence-electron chi connectivity index (χ2n) is 10.7. The quantitative estimate of drug-likeness (QED) is 0.323. The predicted molar refractivity (Wildman–Crippen MR) is 141 cm³/mol. The molecule has 11 heteroatoms. The van der Waals surface area contributed by atoms with E-state index in [1.165, 1.54) is 13.8 Å². The summed E-state index contributed by atoms with van der Waals surface area (Å²) in [5.41, 5.74) is 2.63.